The van der Waals surface area contributed by atoms with E-state index in [9.17, 15) is 14.7 Å². The molecule has 2 rings (SSSR count). The largest absolute Gasteiger partial charge is 0.501 e. The third-order valence-corrected chi connectivity index (χ3v) is 3.59. The van der Waals surface area contributed by atoms with Crippen LogP contribution in [0.2, 0.25) is 0 Å². The van der Waals surface area contributed by atoms with Gasteiger partial charge in [-0.1, -0.05) is 13.3 Å². The highest BCUT2D eigenvalue weighted by Crippen LogP contribution is 2.30. The van der Waals surface area contributed by atoms with Gasteiger partial charge in [0, 0.05) is 0 Å². The molecule has 1 atom stereocenters. The molecule has 1 unspecified atom stereocenters. The van der Waals surface area contributed by atoms with Crippen LogP contribution in [-0.4, -0.2) is 44.1 Å². The maximum Gasteiger partial charge on any atom is 0.358 e. The van der Waals surface area contributed by atoms with Crippen LogP contribution < -0.4 is 5.56 Å². The van der Waals surface area contributed by atoms with Crippen LogP contribution in [-0.2, 0) is 0 Å². The average Bonchev–Trinajstić information content (AvgIpc) is 2.87. The molecule has 1 aliphatic heterocycles. The number of unbranched alkanes of at least 4 members (excludes halogenated alkanes) is 1. The van der Waals surface area contributed by atoms with Gasteiger partial charge in [0.05, 0.1) is 6.04 Å². The van der Waals surface area contributed by atoms with E-state index in [1.54, 1.807) is 0 Å². The molecule has 0 radical (unpaired) electrons. The molecule has 1 aromatic rings. The quantitative estimate of drug-likeness (QED) is 0.746. The monoisotopic (exact) mass is 281 g/mol. The SMILES string of the molecule is CCCCN1CCCC1c1nc(C(=O)O)c(O)c(=O)[nH]1. The lowest BCUT2D eigenvalue weighted by atomic mass is 10.2. The lowest BCUT2D eigenvalue weighted by Gasteiger charge is -2.23. The Morgan fingerprint density at radius 2 is 2.30 bits per heavy atom. The van der Waals surface area contributed by atoms with Crippen LogP contribution in [0.3, 0.4) is 0 Å². The maximum atomic E-state index is 11.6. The molecule has 20 heavy (non-hydrogen) atoms. The topological polar surface area (TPSA) is 107 Å². The summed E-state index contributed by atoms with van der Waals surface area (Å²) in [4.78, 5) is 31.2. The van der Waals surface area contributed by atoms with Crippen LogP contribution in [0, 0.1) is 0 Å². The third-order valence-electron chi connectivity index (χ3n) is 3.59. The minimum atomic E-state index is -1.40. The molecular formula is C13H19N3O4. The first-order valence-electron chi connectivity index (χ1n) is 6.85. The molecule has 1 aromatic heterocycles. The predicted molar refractivity (Wildman–Crippen MR) is 71.9 cm³/mol. The second kappa shape index (κ2) is 6.04. The van der Waals surface area contributed by atoms with Crippen LogP contribution in [0.4, 0.5) is 0 Å². The number of carbonyl (C=O) groups is 1. The summed E-state index contributed by atoms with van der Waals surface area (Å²) in [5.41, 5.74) is -1.37. The van der Waals surface area contributed by atoms with Gasteiger partial charge in [0.2, 0.25) is 5.75 Å². The molecule has 7 nitrogen and oxygen atoms in total. The smallest absolute Gasteiger partial charge is 0.358 e. The fourth-order valence-electron chi connectivity index (χ4n) is 2.56. The first-order valence-corrected chi connectivity index (χ1v) is 6.85. The van der Waals surface area contributed by atoms with Crippen molar-refractivity contribution in [3.63, 3.8) is 0 Å². The van der Waals surface area contributed by atoms with E-state index in [0.29, 0.717) is 5.82 Å². The summed E-state index contributed by atoms with van der Waals surface area (Å²) in [5, 5.41) is 18.4. The average molecular weight is 281 g/mol. The van der Waals surface area contributed by atoms with Crippen molar-refractivity contribution in [1.82, 2.24) is 14.9 Å². The van der Waals surface area contributed by atoms with Crippen molar-refractivity contribution in [3.8, 4) is 5.75 Å². The number of aromatic nitrogens is 2. The van der Waals surface area contributed by atoms with E-state index in [0.717, 1.165) is 38.8 Å². The van der Waals surface area contributed by atoms with E-state index in [4.69, 9.17) is 5.11 Å². The van der Waals surface area contributed by atoms with Gasteiger partial charge in [0.1, 0.15) is 5.82 Å². The van der Waals surface area contributed by atoms with E-state index in [2.05, 4.69) is 21.8 Å². The third kappa shape index (κ3) is 2.82. The van der Waals surface area contributed by atoms with Crippen molar-refractivity contribution < 1.29 is 15.0 Å². The number of H-pyrrole nitrogens is 1. The molecule has 2 heterocycles. The molecule has 0 aliphatic carbocycles. The summed E-state index contributed by atoms with van der Waals surface area (Å²) in [6, 6.07) is -0.0760. The molecule has 1 fully saturated rings. The summed E-state index contributed by atoms with van der Waals surface area (Å²) in [6.07, 6.45) is 3.94. The number of carboxylic acid groups (broad SMARTS) is 1. The number of aromatic amines is 1. The van der Waals surface area contributed by atoms with Crippen molar-refractivity contribution in [3.05, 3.63) is 21.9 Å². The van der Waals surface area contributed by atoms with Gasteiger partial charge in [-0.25, -0.2) is 9.78 Å². The summed E-state index contributed by atoms with van der Waals surface area (Å²) < 4.78 is 0. The summed E-state index contributed by atoms with van der Waals surface area (Å²) in [5.74, 6) is -1.90. The highest BCUT2D eigenvalue weighted by Gasteiger charge is 2.29. The van der Waals surface area contributed by atoms with E-state index in [1.807, 2.05) is 0 Å². The van der Waals surface area contributed by atoms with Crippen molar-refractivity contribution >= 4 is 5.97 Å². The Morgan fingerprint density at radius 3 is 2.95 bits per heavy atom. The second-order valence-corrected chi connectivity index (χ2v) is 5.00. The minimum Gasteiger partial charge on any atom is -0.501 e. The van der Waals surface area contributed by atoms with Crippen molar-refractivity contribution in [2.24, 2.45) is 0 Å². The van der Waals surface area contributed by atoms with Crippen LogP contribution in [0.15, 0.2) is 4.79 Å². The number of nitrogens with one attached hydrogen (secondary N) is 1. The standard InChI is InChI=1S/C13H19N3O4/c1-2-3-6-16-7-4-5-8(16)11-14-9(13(19)20)10(17)12(18)15-11/h8,17H,2-7H2,1H3,(H,19,20)(H,14,15,18). The van der Waals surface area contributed by atoms with E-state index < -0.39 is 23.0 Å². The van der Waals surface area contributed by atoms with Gasteiger partial charge in [-0.3, -0.25) is 9.69 Å². The van der Waals surface area contributed by atoms with Crippen molar-refractivity contribution in [2.75, 3.05) is 13.1 Å². The lowest BCUT2D eigenvalue weighted by molar-refractivity contribution is 0.0685. The number of aromatic hydroxyl groups is 1. The summed E-state index contributed by atoms with van der Waals surface area (Å²) in [6.45, 7) is 3.92. The Morgan fingerprint density at radius 1 is 1.55 bits per heavy atom. The van der Waals surface area contributed by atoms with Gasteiger partial charge < -0.3 is 15.2 Å². The van der Waals surface area contributed by atoms with E-state index in [1.165, 1.54) is 0 Å². The van der Waals surface area contributed by atoms with Gasteiger partial charge in [0.15, 0.2) is 5.69 Å². The number of carboxylic acids is 1. The molecule has 0 bridgehead atoms. The molecule has 1 aliphatic rings. The first kappa shape index (κ1) is 14.5. The number of hydrogen-bond donors (Lipinski definition) is 3. The van der Waals surface area contributed by atoms with Gasteiger partial charge in [0.25, 0.3) is 5.56 Å². The van der Waals surface area contributed by atoms with Crippen LogP contribution in [0.25, 0.3) is 0 Å². The summed E-state index contributed by atoms with van der Waals surface area (Å²) >= 11 is 0. The molecule has 3 N–H and O–H groups in total. The van der Waals surface area contributed by atoms with Crippen molar-refractivity contribution in [2.45, 2.75) is 38.6 Å². The molecular weight excluding hydrogens is 262 g/mol. The Kier molecular flexibility index (Phi) is 4.39. The summed E-state index contributed by atoms with van der Waals surface area (Å²) in [7, 11) is 0. The minimum absolute atomic E-state index is 0.0760. The maximum absolute atomic E-state index is 11.6. The van der Waals surface area contributed by atoms with Gasteiger partial charge in [-0.2, -0.15) is 0 Å². The molecule has 0 aromatic carbocycles. The molecule has 1 saturated heterocycles. The first-order chi connectivity index (χ1) is 9.54. The zero-order valence-corrected chi connectivity index (χ0v) is 11.4. The number of rotatable bonds is 5. The van der Waals surface area contributed by atoms with Crippen LogP contribution in [0.5, 0.6) is 5.75 Å². The zero-order valence-electron chi connectivity index (χ0n) is 11.4. The Bertz CT molecular complexity index is 555. The zero-order chi connectivity index (χ0) is 14.7. The molecule has 0 spiro atoms. The second-order valence-electron chi connectivity index (χ2n) is 5.00. The van der Waals surface area contributed by atoms with E-state index >= 15 is 0 Å². The van der Waals surface area contributed by atoms with E-state index in [-0.39, 0.29) is 6.04 Å². The molecule has 110 valence electrons. The normalized spacial score (nSPS) is 19.4. The van der Waals surface area contributed by atoms with Crippen LogP contribution in [0.1, 0.15) is 55.0 Å². The number of hydrogen-bond acceptors (Lipinski definition) is 5. The van der Waals surface area contributed by atoms with Crippen molar-refractivity contribution in [1.29, 1.82) is 0 Å². The Labute approximate surface area is 116 Å². The molecule has 7 heteroatoms. The number of likely N-dealkylation sites (tertiary alicyclic amines) is 1. The number of aromatic carboxylic acids is 1. The highest BCUT2D eigenvalue weighted by molar-refractivity contribution is 5.88. The van der Waals surface area contributed by atoms with Gasteiger partial charge >= 0.3 is 5.97 Å². The molecule has 0 saturated carbocycles. The lowest BCUT2D eigenvalue weighted by Crippen LogP contribution is -2.28. The Hall–Kier alpha value is -1.89. The van der Waals surface area contributed by atoms with Gasteiger partial charge in [-0.15, -0.1) is 0 Å². The van der Waals surface area contributed by atoms with Gasteiger partial charge in [-0.05, 0) is 32.4 Å². The Balaban J connectivity index is 2.32. The predicted octanol–water partition coefficient (Wildman–Crippen LogP) is 1.11. The highest BCUT2D eigenvalue weighted by atomic mass is 16.4. The fraction of sp³-hybridized carbons (Fsp3) is 0.615. The van der Waals surface area contributed by atoms with Crippen LogP contribution >= 0.6 is 0 Å². The molecule has 0 amide bonds. The number of nitrogens with zero attached hydrogens (tertiary/aromatic N) is 2. The fourth-order valence-corrected chi connectivity index (χ4v) is 2.56.